The Labute approximate surface area is 121 Å². The molecule has 0 atom stereocenters. The quantitative estimate of drug-likeness (QED) is 0.884. The van der Waals surface area contributed by atoms with Crippen molar-refractivity contribution in [2.75, 3.05) is 0 Å². The molecular formula is C14H17F2N3S. The van der Waals surface area contributed by atoms with Gasteiger partial charge in [0.05, 0.1) is 16.0 Å². The first-order valence-corrected chi connectivity index (χ1v) is 6.75. The summed E-state index contributed by atoms with van der Waals surface area (Å²) in [7, 11) is 0. The number of nitrogens with two attached hydrogens (primary N) is 1. The molecule has 0 radical (unpaired) electrons. The summed E-state index contributed by atoms with van der Waals surface area (Å²) in [6.07, 6.45) is 0.489. The standard InChI is InChI=1S/C14H17F2N3S/c1-14(2,3)13-18-10-6-8(15)9(16)7-11(10)19(13)5-4-12(17)20/h6-7H,4-5H2,1-3H3,(H2,17,20). The topological polar surface area (TPSA) is 43.8 Å². The monoisotopic (exact) mass is 297 g/mol. The van der Waals surface area contributed by atoms with E-state index in [1.54, 1.807) is 0 Å². The minimum Gasteiger partial charge on any atom is -0.393 e. The Morgan fingerprint density at radius 3 is 2.45 bits per heavy atom. The molecule has 108 valence electrons. The van der Waals surface area contributed by atoms with Gasteiger partial charge in [-0.3, -0.25) is 0 Å². The van der Waals surface area contributed by atoms with E-state index in [1.165, 1.54) is 6.07 Å². The Hall–Kier alpha value is -1.56. The van der Waals surface area contributed by atoms with Crippen LogP contribution < -0.4 is 5.73 Å². The summed E-state index contributed by atoms with van der Waals surface area (Å²) in [4.78, 5) is 4.82. The predicted octanol–water partition coefficient (Wildman–Crippen LogP) is 3.29. The van der Waals surface area contributed by atoms with Gasteiger partial charge in [0, 0.05) is 30.5 Å². The molecule has 0 unspecified atom stereocenters. The van der Waals surface area contributed by atoms with Crippen molar-refractivity contribution >= 4 is 28.2 Å². The number of hydrogen-bond donors (Lipinski definition) is 1. The minimum atomic E-state index is -0.892. The van der Waals surface area contributed by atoms with E-state index in [0.29, 0.717) is 29.0 Å². The van der Waals surface area contributed by atoms with E-state index < -0.39 is 11.6 Å². The van der Waals surface area contributed by atoms with Gasteiger partial charge in [0.2, 0.25) is 0 Å². The molecule has 0 amide bonds. The predicted molar refractivity (Wildman–Crippen MR) is 79.8 cm³/mol. The van der Waals surface area contributed by atoms with Crippen LogP contribution in [0.2, 0.25) is 0 Å². The summed E-state index contributed by atoms with van der Waals surface area (Å²) in [6.45, 7) is 6.50. The Balaban J connectivity index is 2.65. The lowest BCUT2D eigenvalue weighted by Crippen LogP contribution is -2.21. The molecule has 0 fully saturated rings. The third-order valence-electron chi connectivity index (χ3n) is 3.04. The molecule has 2 aromatic rings. The summed E-state index contributed by atoms with van der Waals surface area (Å²) >= 11 is 4.88. The molecule has 0 saturated carbocycles. The van der Waals surface area contributed by atoms with E-state index in [0.717, 1.165) is 11.9 Å². The van der Waals surface area contributed by atoms with E-state index in [1.807, 2.05) is 25.3 Å². The van der Waals surface area contributed by atoms with Crippen LogP contribution in [0.15, 0.2) is 12.1 Å². The molecule has 1 aromatic carbocycles. The fraction of sp³-hybridized carbons (Fsp3) is 0.429. The summed E-state index contributed by atoms with van der Waals surface area (Å²) in [5, 5.41) is 0. The van der Waals surface area contributed by atoms with Gasteiger partial charge >= 0.3 is 0 Å². The number of halogens is 2. The first-order valence-electron chi connectivity index (χ1n) is 6.34. The highest BCUT2D eigenvalue weighted by Crippen LogP contribution is 2.28. The first-order chi connectivity index (χ1) is 9.20. The first kappa shape index (κ1) is 14.8. The third kappa shape index (κ3) is 2.80. The van der Waals surface area contributed by atoms with Gasteiger partial charge in [0.1, 0.15) is 5.82 Å². The molecule has 2 N–H and O–H groups in total. The van der Waals surface area contributed by atoms with Gasteiger partial charge in [-0.15, -0.1) is 0 Å². The van der Waals surface area contributed by atoms with Gasteiger partial charge in [-0.25, -0.2) is 13.8 Å². The van der Waals surface area contributed by atoms with Crippen LogP contribution in [-0.4, -0.2) is 14.5 Å². The van der Waals surface area contributed by atoms with Crippen LogP contribution in [0.25, 0.3) is 11.0 Å². The van der Waals surface area contributed by atoms with Crippen molar-refractivity contribution in [3.05, 3.63) is 29.6 Å². The lowest BCUT2D eigenvalue weighted by Gasteiger charge is -2.20. The van der Waals surface area contributed by atoms with Gasteiger partial charge in [-0.1, -0.05) is 33.0 Å². The number of aryl methyl sites for hydroxylation is 1. The van der Waals surface area contributed by atoms with E-state index in [-0.39, 0.29) is 5.41 Å². The molecule has 3 nitrogen and oxygen atoms in total. The van der Waals surface area contributed by atoms with E-state index in [4.69, 9.17) is 18.0 Å². The highest BCUT2D eigenvalue weighted by molar-refractivity contribution is 7.80. The minimum absolute atomic E-state index is 0.248. The van der Waals surface area contributed by atoms with Crippen molar-refractivity contribution in [2.45, 2.75) is 39.2 Å². The van der Waals surface area contributed by atoms with Crippen LogP contribution in [0, 0.1) is 11.6 Å². The molecule has 2 rings (SSSR count). The molecular weight excluding hydrogens is 280 g/mol. The summed E-state index contributed by atoms with van der Waals surface area (Å²) < 4.78 is 28.7. The third-order valence-corrected chi connectivity index (χ3v) is 3.25. The fourth-order valence-corrected chi connectivity index (χ4v) is 2.23. The molecule has 0 aliphatic carbocycles. The van der Waals surface area contributed by atoms with E-state index in [2.05, 4.69) is 4.98 Å². The smallest absolute Gasteiger partial charge is 0.161 e. The molecule has 1 heterocycles. The number of fused-ring (bicyclic) bond motifs is 1. The number of imidazole rings is 1. The number of benzene rings is 1. The number of hydrogen-bond acceptors (Lipinski definition) is 2. The Morgan fingerprint density at radius 2 is 1.90 bits per heavy atom. The van der Waals surface area contributed by atoms with Crippen LogP contribution in [0.3, 0.4) is 0 Å². The molecule has 0 aliphatic rings. The van der Waals surface area contributed by atoms with E-state index in [9.17, 15) is 8.78 Å². The molecule has 1 aromatic heterocycles. The number of aromatic nitrogens is 2. The SMILES string of the molecule is CC(C)(C)c1nc2cc(F)c(F)cc2n1CCC(N)=S. The van der Waals surface area contributed by atoms with Crippen molar-refractivity contribution in [1.29, 1.82) is 0 Å². The Morgan fingerprint density at radius 1 is 1.30 bits per heavy atom. The van der Waals surface area contributed by atoms with Crippen molar-refractivity contribution in [2.24, 2.45) is 5.73 Å². The second kappa shape index (κ2) is 5.09. The average molecular weight is 297 g/mol. The molecule has 6 heteroatoms. The highest BCUT2D eigenvalue weighted by atomic mass is 32.1. The molecule has 0 saturated heterocycles. The Kier molecular flexibility index (Phi) is 3.77. The maximum absolute atomic E-state index is 13.5. The normalized spacial score (nSPS) is 12.1. The van der Waals surface area contributed by atoms with Crippen molar-refractivity contribution in [3.8, 4) is 0 Å². The molecule has 0 spiro atoms. The van der Waals surface area contributed by atoms with Gasteiger partial charge in [-0.2, -0.15) is 0 Å². The maximum atomic E-state index is 13.5. The van der Waals surface area contributed by atoms with Crippen molar-refractivity contribution < 1.29 is 8.78 Å². The van der Waals surface area contributed by atoms with Gasteiger partial charge in [-0.05, 0) is 0 Å². The second-order valence-electron chi connectivity index (χ2n) is 5.81. The van der Waals surface area contributed by atoms with Crippen LogP contribution in [0.1, 0.15) is 33.0 Å². The zero-order valence-electron chi connectivity index (χ0n) is 11.7. The summed E-state index contributed by atoms with van der Waals surface area (Å²) in [5.41, 5.74) is 6.28. The number of rotatable bonds is 3. The molecule has 0 bridgehead atoms. The van der Waals surface area contributed by atoms with Crippen molar-refractivity contribution in [3.63, 3.8) is 0 Å². The summed E-state index contributed by atoms with van der Waals surface area (Å²) in [6, 6.07) is 2.30. The second-order valence-corrected chi connectivity index (χ2v) is 6.33. The molecule has 0 aliphatic heterocycles. The lowest BCUT2D eigenvalue weighted by molar-refractivity contribution is 0.504. The largest absolute Gasteiger partial charge is 0.393 e. The lowest BCUT2D eigenvalue weighted by atomic mass is 9.95. The van der Waals surface area contributed by atoms with Crippen molar-refractivity contribution in [1.82, 2.24) is 9.55 Å². The Bertz CT molecular complexity index is 671. The highest BCUT2D eigenvalue weighted by Gasteiger charge is 2.23. The zero-order chi connectivity index (χ0) is 15.1. The number of nitrogens with zero attached hydrogens (tertiary/aromatic N) is 2. The van der Waals surface area contributed by atoms with Crippen LogP contribution in [-0.2, 0) is 12.0 Å². The summed E-state index contributed by atoms with van der Waals surface area (Å²) in [5.74, 6) is -1.01. The van der Waals surface area contributed by atoms with Crippen LogP contribution >= 0.6 is 12.2 Å². The maximum Gasteiger partial charge on any atom is 0.161 e. The number of thiocarbonyl (C=S) groups is 1. The molecule has 20 heavy (non-hydrogen) atoms. The van der Waals surface area contributed by atoms with E-state index >= 15 is 0 Å². The zero-order valence-corrected chi connectivity index (χ0v) is 12.5. The average Bonchev–Trinajstić information content (AvgIpc) is 2.65. The van der Waals surface area contributed by atoms with Gasteiger partial charge in [0.25, 0.3) is 0 Å². The van der Waals surface area contributed by atoms with Crippen LogP contribution in [0.4, 0.5) is 8.78 Å². The van der Waals surface area contributed by atoms with Gasteiger partial charge < -0.3 is 10.3 Å². The van der Waals surface area contributed by atoms with Crippen LogP contribution in [0.5, 0.6) is 0 Å². The van der Waals surface area contributed by atoms with Gasteiger partial charge in [0.15, 0.2) is 11.6 Å². The fourth-order valence-electron chi connectivity index (χ4n) is 2.14.